The molecular weight excluding hydrogens is 326 g/mol. The molecule has 0 saturated heterocycles. The van der Waals surface area contributed by atoms with Crippen molar-refractivity contribution in [2.45, 2.75) is 6.92 Å². The van der Waals surface area contributed by atoms with Crippen LogP contribution in [0.4, 0.5) is 16.2 Å². The lowest BCUT2D eigenvalue weighted by Crippen LogP contribution is -2.24. The second-order valence-corrected chi connectivity index (χ2v) is 5.52. The number of carbonyl (C=O) groups is 2. The van der Waals surface area contributed by atoms with Crippen molar-refractivity contribution in [1.82, 2.24) is 5.32 Å². The zero-order valence-electron chi connectivity index (χ0n) is 13.4. The van der Waals surface area contributed by atoms with E-state index in [-0.39, 0.29) is 11.9 Å². The van der Waals surface area contributed by atoms with Crippen molar-refractivity contribution < 1.29 is 9.59 Å². The minimum absolute atomic E-state index is 0.251. The number of anilines is 2. The smallest absolute Gasteiger partial charge is 0.318 e. The van der Waals surface area contributed by atoms with Crippen molar-refractivity contribution in [2.24, 2.45) is 0 Å². The summed E-state index contributed by atoms with van der Waals surface area (Å²) in [5.41, 5.74) is 3.11. The van der Waals surface area contributed by atoms with Crippen LogP contribution in [0.3, 0.4) is 0 Å². The molecule has 2 aromatic rings. The van der Waals surface area contributed by atoms with E-state index in [0.29, 0.717) is 16.4 Å². The molecule has 0 heterocycles. The van der Waals surface area contributed by atoms with Crippen molar-refractivity contribution in [2.75, 3.05) is 17.7 Å². The van der Waals surface area contributed by atoms with Crippen LogP contribution >= 0.6 is 11.6 Å². The topological polar surface area (TPSA) is 70.2 Å². The first-order valence-electron chi connectivity index (χ1n) is 7.32. The highest BCUT2D eigenvalue weighted by molar-refractivity contribution is 6.31. The summed E-state index contributed by atoms with van der Waals surface area (Å²) in [4.78, 5) is 23.1. The van der Waals surface area contributed by atoms with Crippen molar-refractivity contribution in [1.29, 1.82) is 0 Å². The van der Waals surface area contributed by atoms with Gasteiger partial charge in [0.25, 0.3) is 0 Å². The maximum atomic E-state index is 11.9. The average molecular weight is 344 g/mol. The van der Waals surface area contributed by atoms with Gasteiger partial charge in [0, 0.05) is 29.5 Å². The van der Waals surface area contributed by atoms with Gasteiger partial charge in [0.1, 0.15) is 0 Å². The summed E-state index contributed by atoms with van der Waals surface area (Å²) in [6, 6.07) is 12.1. The highest BCUT2D eigenvalue weighted by Crippen LogP contribution is 2.18. The summed E-state index contributed by atoms with van der Waals surface area (Å²) in [7, 11) is 1.54. The number of benzene rings is 2. The van der Waals surface area contributed by atoms with Gasteiger partial charge in [-0.3, -0.25) is 4.79 Å². The average Bonchev–Trinajstić information content (AvgIpc) is 2.57. The van der Waals surface area contributed by atoms with Crippen LogP contribution < -0.4 is 16.0 Å². The maximum absolute atomic E-state index is 11.9. The maximum Gasteiger partial charge on any atom is 0.318 e. The third-order valence-corrected chi connectivity index (χ3v) is 3.67. The van der Waals surface area contributed by atoms with Crippen LogP contribution in [0.25, 0.3) is 6.08 Å². The zero-order chi connectivity index (χ0) is 17.5. The molecule has 6 heteroatoms. The van der Waals surface area contributed by atoms with Crippen LogP contribution in [-0.4, -0.2) is 19.0 Å². The number of nitrogens with one attached hydrogen (secondary N) is 3. The fraction of sp³-hybridized carbons (Fsp3) is 0.111. The first kappa shape index (κ1) is 17.6. The molecule has 0 unspecified atom stereocenters. The number of halogens is 1. The molecule has 0 atom stereocenters. The van der Waals surface area contributed by atoms with Crippen LogP contribution in [0.1, 0.15) is 11.1 Å². The monoisotopic (exact) mass is 343 g/mol. The summed E-state index contributed by atoms with van der Waals surface area (Å²) in [6.45, 7) is 1.92. The highest BCUT2D eigenvalue weighted by Gasteiger charge is 2.01. The van der Waals surface area contributed by atoms with Crippen molar-refractivity contribution in [3.8, 4) is 0 Å². The number of carbonyl (C=O) groups excluding carboxylic acids is 2. The SMILES string of the molecule is CNC(=O)Nc1ccc(NC(=O)/C=C/c2ccc(C)c(Cl)c2)cc1. The molecule has 0 bridgehead atoms. The molecule has 0 aliphatic carbocycles. The van der Waals surface area contributed by atoms with Crippen molar-refractivity contribution >= 4 is 41.0 Å². The first-order valence-corrected chi connectivity index (χ1v) is 7.70. The van der Waals surface area contributed by atoms with Gasteiger partial charge < -0.3 is 16.0 Å². The van der Waals surface area contributed by atoms with Crippen LogP contribution in [0.2, 0.25) is 5.02 Å². The Morgan fingerprint density at radius 3 is 2.21 bits per heavy atom. The molecule has 3 amide bonds. The number of rotatable bonds is 4. The summed E-state index contributed by atoms with van der Waals surface area (Å²) >= 11 is 6.05. The summed E-state index contributed by atoms with van der Waals surface area (Å²) in [5, 5.41) is 8.51. The van der Waals surface area contributed by atoms with E-state index in [0.717, 1.165) is 11.1 Å². The summed E-state index contributed by atoms with van der Waals surface area (Å²) < 4.78 is 0. The lowest BCUT2D eigenvalue weighted by atomic mass is 10.1. The molecule has 0 aliphatic heterocycles. The predicted molar refractivity (Wildman–Crippen MR) is 98.4 cm³/mol. The standard InChI is InChI=1S/C18H18ClN3O2/c1-12-3-4-13(11-16(12)19)5-10-17(23)21-14-6-8-15(9-7-14)22-18(24)20-2/h3-11H,1-2H3,(H,21,23)(H2,20,22,24)/b10-5+. The Kier molecular flexibility index (Phi) is 5.98. The second-order valence-electron chi connectivity index (χ2n) is 5.11. The quantitative estimate of drug-likeness (QED) is 0.733. The Morgan fingerprint density at radius 1 is 1.00 bits per heavy atom. The molecule has 0 saturated carbocycles. The van der Waals surface area contributed by atoms with Gasteiger partial charge >= 0.3 is 6.03 Å². The van der Waals surface area contributed by atoms with E-state index in [2.05, 4.69) is 16.0 Å². The van der Waals surface area contributed by atoms with E-state index in [1.807, 2.05) is 19.1 Å². The number of hydrogen-bond donors (Lipinski definition) is 3. The van der Waals surface area contributed by atoms with Gasteiger partial charge in [-0.1, -0.05) is 23.7 Å². The largest absolute Gasteiger partial charge is 0.341 e. The van der Waals surface area contributed by atoms with E-state index in [4.69, 9.17) is 11.6 Å². The number of aryl methyl sites for hydroxylation is 1. The van der Waals surface area contributed by atoms with Gasteiger partial charge in [-0.05, 0) is 54.5 Å². The normalized spacial score (nSPS) is 10.5. The van der Waals surface area contributed by atoms with Gasteiger partial charge in [-0.15, -0.1) is 0 Å². The van der Waals surface area contributed by atoms with Gasteiger partial charge in [-0.25, -0.2) is 4.79 Å². The van der Waals surface area contributed by atoms with Crippen molar-refractivity contribution in [3.63, 3.8) is 0 Å². The fourth-order valence-electron chi connectivity index (χ4n) is 1.90. The zero-order valence-corrected chi connectivity index (χ0v) is 14.1. The van der Waals surface area contributed by atoms with Gasteiger partial charge in [0.05, 0.1) is 0 Å². The molecule has 0 radical (unpaired) electrons. The van der Waals surface area contributed by atoms with Crippen LogP contribution in [-0.2, 0) is 4.79 Å². The Balaban J connectivity index is 1.95. The van der Waals surface area contributed by atoms with Crippen LogP contribution in [0.5, 0.6) is 0 Å². The number of hydrogen-bond acceptors (Lipinski definition) is 2. The predicted octanol–water partition coefficient (Wildman–Crippen LogP) is 4.05. The molecule has 0 spiro atoms. The highest BCUT2D eigenvalue weighted by atomic mass is 35.5. The lowest BCUT2D eigenvalue weighted by Gasteiger charge is -2.06. The third kappa shape index (κ3) is 5.14. The minimum atomic E-state index is -0.300. The molecule has 0 aliphatic rings. The van der Waals surface area contributed by atoms with Gasteiger partial charge in [0.2, 0.25) is 5.91 Å². The van der Waals surface area contributed by atoms with E-state index in [1.54, 1.807) is 36.4 Å². The second kappa shape index (κ2) is 8.17. The molecular formula is C18H18ClN3O2. The van der Waals surface area contributed by atoms with E-state index < -0.39 is 0 Å². The summed E-state index contributed by atoms with van der Waals surface area (Å²) in [5.74, 6) is -0.251. The molecule has 0 fully saturated rings. The molecule has 3 N–H and O–H groups in total. The Bertz CT molecular complexity index is 770. The summed E-state index contributed by atoms with van der Waals surface area (Å²) in [6.07, 6.45) is 3.14. The molecule has 2 aromatic carbocycles. The van der Waals surface area contributed by atoms with E-state index in [9.17, 15) is 9.59 Å². The lowest BCUT2D eigenvalue weighted by molar-refractivity contribution is -0.111. The third-order valence-electron chi connectivity index (χ3n) is 3.26. The first-order chi connectivity index (χ1) is 11.5. The Hall–Kier alpha value is -2.79. The minimum Gasteiger partial charge on any atom is -0.341 e. The van der Waals surface area contributed by atoms with E-state index >= 15 is 0 Å². The van der Waals surface area contributed by atoms with Gasteiger partial charge in [0.15, 0.2) is 0 Å². The number of amides is 3. The molecule has 2 rings (SSSR count). The molecule has 5 nitrogen and oxygen atoms in total. The Labute approximate surface area is 145 Å². The molecule has 124 valence electrons. The van der Waals surface area contributed by atoms with Crippen molar-refractivity contribution in [3.05, 3.63) is 64.7 Å². The Morgan fingerprint density at radius 2 is 1.62 bits per heavy atom. The molecule has 24 heavy (non-hydrogen) atoms. The number of urea groups is 1. The van der Waals surface area contributed by atoms with Crippen LogP contribution in [0.15, 0.2) is 48.5 Å². The van der Waals surface area contributed by atoms with E-state index in [1.165, 1.54) is 13.1 Å². The van der Waals surface area contributed by atoms with Gasteiger partial charge in [-0.2, -0.15) is 0 Å². The van der Waals surface area contributed by atoms with Crippen LogP contribution in [0, 0.1) is 6.92 Å². The fourth-order valence-corrected chi connectivity index (χ4v) is 2.09. The molecule has 0 aromatic heterocycles.